The molecule has 1 rings (SSSR count). The van der Waals surface area contributed by atoms with Gasteiger partial charge in [-0.05, 0) is 31.7 Å². The molecule has 90 valence electrons. The summed E-state index contributed by atoms with van der Waals surface area (Å²) >= 11 is 0. The Labute approximate surface area is 94.2 Å². The maximum atomic E-state index is 5.09. The first-order valence-corrected chi connectivity index (χ1v) is 6.25. The molecule has 0 aromatic rings. The van der Waals surface area contributed by atoms with Crippen LogP contribution in [-0.4, -0.2) is 51.3 Å². The molecule has 1 N–H and O–H groups in total. The third-order valence-electron chi connectivity index (χ3n) is 3.20. The number of rotatable bonds is 7. The summed E-state index contributed by atoms with van der Waals surface area (Å²) < 4.78 is 5.09. The molecule has 3 heteroatoms. The van der Waals surface area contributed by atoms with Gasteiger partial charge in [0.1, 0.15) is 0 Å². The number of nitrogens with one attached hydrogen (secondary N) is 1. The monoisotopic (exact) mass is 214 g/mol. The van der Waals surface area contributed by atoms with Gasteiger partial charge in [-0.1, -0.05) is 6.92 Å². The summed E-state index contributed by atoms with van der Waals surface area (Å²) in [6.07, 6.45) is 3.89. The van der Waals surface area contributed by atoms with E-state index in [0.717, 1.165) is 12.5 Å². The van der Waals surface area contributed by atoms with Gasteiger partial charge >= 0.3 is 0 Å². The van der Waals surface area contributed by atoms with Crippen molar-refractivity contribution in [3.8, 4) is 0 Å². The Kier molecular flexibility index (Phi) is 6.98. The van der Waals surface area contributed by atoms with Crippen LogP contribution in [0.2, 0.25) is 0 Å². The van der Waals surface area contributed by atoms with Gasteiger partial charge in [-0.15, -0.1) is 0 Å². The van der Waals surface area contributed by atoms with Crippen LogP contribution in [0.5, 0.6) is 0 Å². The van der Waals surface area contributed by atoms with E-state index in [9.17, 15) is 0 Å². The van der Waals surface area contributed by atoms with Crippen molar-refractivity contribution >= 4 is 0 Å². The first kappa shape index (κ1) is 12.9. The smallest absolute Gasteiger partial charge is 0.0464 e. The summed E-state index contributed by atoms with van der Waals surface area (Å²) in [6, 6.07) is 0. The Hall–Kier alpha value is -0.120. The van der Waals surface area contributed by atoms with Crippen LogP contribution >= 0.6 is 0 Å². The third kappa shape index (κ3) is 6.13. The molecule has 1 aliphatic heterocycles. The third-order valence-corrected chi connectivity index (χ3v) is 3.20. The quantitative estimate of drug-likeness (QED) is 0.692. The highest BCUT2D eigenvalue weighted by molar-refractivity contribution is 4.67. The van der Waals surface area contributed by atoms with E-state index >= 15 is 0 Å². The highest BCUT2D eigenvalue weighted by Crippen LogP contribution is 2.10. The van der Waals surface area contributed by atoms with E-state index in [-0.39, 0.29) is 0 Å². The van der Waals surface area contributed by atoms with Crippen LogP contribution in [0.1, 0.15) is 26.2 Å². The molecule has 1 atom stereocenters. The molecule has 1 unspecified atom stereocenters. The second-order valence-corrected chi connectivity index (χ2v) is 4.62. The number of ether oxygens (including phenoxy) is 1. The summed E-state index contributed by atoms with van der Waals surface area (Å²) in [5.74, 6) is 0.813. The van der Waals surface area contributed by atoms with Gasteiger partial charge in [0, 0.05) is 39.9 Å². The zero-order valence-corrected chi connectivity index (χ0v) is 10.3. The highest BCUT2D eigenvalue weighted by atomic mass is 16.5. The molecule has 3 nitrogen and oxygen atoms in total. The Morgan fingerprint density at radius 1 is 1.27 bits per heavy atom. The molecule has 0 aliphatic carbocycles. The highest BCUT2D eigenvalue weighted by Gasteiger charge is 2.09. The van der Waals surface area contributed by atoms with Crippen LogP contribution in [0.15, 0.2) is 0 Å². The molecule has 0 aromatic carbocycles. The molecule has 1 fully saturated rings. The van der Waals surface area contributed by atoms with E-state index < -0.39 is 0 Å². The van der Waals surface area contributed by atoms with Crippen molar-refractivity contribution in [3.63, 3.8) is 0 Å². The Balaban J connectivity index is 1.94. The van der Waals surface area contributed by atoms with E-state index in [0.29, 0.717) is 0 Å². The fourth-order valence-electron chi connectivity index (χ4n) is 2.06. The van der Waals surface area contributed by atoms with Gasteiger partial charge in [0.2, 0.25) is 0 Å². The SMILES string of the molecule is COCCC(C)CCCN1CCNCC1. The predicted molar refractivity (Wildman–Crippen MR) is 64.2 cm³/mol. The van der Waals surface area contributed by atoms with Crippen LogP contribution in [0.3, 0.4) is 0 Å². The van der Waals surface area contributed by atoms with E-state index in [2.05, 4.69) is 17.1 Å². The lowest BCUT2D eigenvalue weighted by atomic mass is 10.0. The second kappa shape index (κ2) is 8.08. The van der Waals surface area contributed by atoms with Crippen molar-refractivity contribution in [1.29, 1.82) is 0 Å². The van der Waals surface area contributed by atoms with Crippen LogP contribution in [0, 0.1) is 5.92 Å². The lowest BCUT2D eigenvalue weighted by Gasteiger charge is -2.27. The van der Waals surface area contributed by atoms with Gasteiger partial charge in [0.15, 0.2) is 0 Å². The van der Waals surface area contributed by atoms with E-state index in [1.807, 2.05) is 0 Å². The second-order valence-electron chi connectivity index (χ2n) is 4.62. The van der Waals surface area contributed by atoms with Crippen molar-refractivity contribution < 1.29 is 4.74 Å². The molecule has 1 aliphatic rings. The molecule has 1 saturated heterocycles. The number of hydrogen-bond donors (Lipinski definition) is 1. The minimum Gasteiger partial charge on any atom is -0.385 e. The summed E-state index contributed by atoms with van der Waals surface area (Å²) in [4.78, 5) is 2.57. The molecule has 0 radical (unpaired) electrons. The molecule has 1 heterocycles. The van der Waals surface area contributed by atoms with E-state index in [1.165, 1.54) is 52.0 Å². The van der Waals surface area contributed by atoms with E-state index in [4.69, 9.17) is 4.74 Å². The molecule has 0 bridgehead atoms. The van der Waals surface area contributed by atoms with Crippen LogP contribution < -0.4 is 5.32 Å². The summed E-state index contributed by atoms with van der Waals surface area (Å²) in [5, 5.41) is 3.38. The van der Waals surface area contributed by atoms with Crippen LogP contribution in [0.25, 0.3) is 0 Å². The molecule has 15 heavy (non-hydrogen) atoms. The van der Waals surface area contributed by atoms with Crippen LogP contribution in [-0.2, 0) is 4.74 Å². The van der Waals surface area contributed by atoms with Gasteiger partial charge in [-0.3, -0.25) is 0 Å². The average Bonchev–Trinajstić information content (AvgIpc) is 2.28. The number of nitrogens with zero attached hydrogens (tertiary/aromatic N) is 1. The molecule has 0 aromatic heterocycles. The molecule has 0 spiro atoms. The van der Waals surface area contributed by atoms with Crippen molar-refractivity contribution in [2.45, 2.75) is 26.2 Å². The van der Waals surface area contributed by atoms with Gasteiger partial charge in [-0.25, -0.2) is 0 Å². The number of methoxy groups -OCH3 is 1. The van der Waals surface area contributed by atoms with Crippen molar-refractivity contribution in [1.82, 2.24) is 10.2 Å². The van der Waals surface area contributed by atoms with Crippen molar-refractivity contribution in [2.75, 3.05) is 46.4 Å². The number of hydrogen-bond acceptors (Lipinski definition) is 3. The summed E-state index contributed by atoms with van der Waals surface area (Å²) in [5.41, 5.74) is 0. The molecular weight excluding hydrogens is 188 g/mol. The molecular formula is C12H26N2O. The van der Waals surface area contributed by atoms with Gasteiger partial charge in [-0.2, -0.15) is 0 Å². The van der Waals surface area contributed by atoms with Crippen molar-refractivity contribution in [2.24, 2.45) is 5.92 Å². The maximum Gasteiger partial charge on any atom is 0.0464 e. The van der Waals surface area contributed by atoms with Gasteiger partial charge in [0.05, 0.1) is 0 Å². The van der Waals surface area contributed by atoms with Crippen molar-refractivity contribution in [3.05, 3.63) is 0 Å². The molecule has 0 saturated carbocycles. The Morgan fingerprint density at radius 3 is 2.67 bits per heavy atom. The maximum absolute atomic E-state index is 5.09. The predicted octanol–water partition coefficient (Wildman–Crippen LogP) is 1.34. The lowest BCUT2D eigenvalue weighted by molar-refractivity contribution is 0.174. The van der Waals surface area contributed by atoms with Gasteiger partial charge in [0.25, 0.3) is 0 Å². The zero-order valence-electron chi connectivity index (χ0n) is 10.3. The minimum absolute atomic E-state index is 0.813. The van der Waals surface area contributed by atoms with E-state index in [1.54, 1.807) is 7.11 Å². The first-order chi connectivity index (χ1) is 7.33. The topological polar surface area (TPSA) is 24.5 Å². The lowest BCUT2D eigenvalue weighted by Crippen LogP contribution is -2.43. The fourth-order valence-corrected chi connectivity index (χ4v) is 2.06. The van der Waals surface area contributed by atoms with Gasteiger partial charge < -0.3 is 15.0 Å². The zero-order chi connectivity index (χ0) is 10.9. The Morgan fingerprint density at radius 2 is 2.00 bits per heavy atom. The number of piperazine rings is 1. The largest absolute Gasteiger partial charge is 0.385 e. The average molecular weight is 214 g/mol. The fraction of sp³-hybridized carbons (Fsp3) is 1.00. The van der Waals surface area contributed by atoms with Crippen LogP contribution in [0.4, 0.5) is 0 Å². The summed E-state index contributed by atoms with van der Waals surface area (Å²) in [6.45, 7) is 9.31. The molecule has 0 amide bonds. The normalized spacial score (nSPS) is 20.4. The first-order valence-electron chi connectivity index (χ1n) is 6.25. The summed E-state index contributed by atoms with van der Waals surface area (Å²) in [7, 11) is 1.79. The standard InChI is InChI=1S/C12H26N2O/c1-12(5-11-15-2)4-3-8-14-9-6-13-7-10-14/h12-13H,3-11H2,1-2H3. The minimum atomic E-state index is 0.813. The Bertz CT molecular complexity index is 147.